The number of carboxylic acid groups (broad SMARTS) is 1. The summed E-state index contributed by atoms with van der Waals surface area (Å²) in [7, 11) is -3.22. The highest BCUT2D eigenvalue weighted by Crippen LogP contribution is 2.28. The minimum atomic E-state index is -3.22. The maximum absolute atomic E-state index is 11.7. The minimum Gasteiger partial charge on any atom is -0.465 e. The first kappa shape index (κ1) is 19.4. The first-order valence-corrected chi connectivity index (χ1v) is 11.4. The number of pyridine rings is 1. The Bertz CT molecular complexity index is 1140. The summed E-state index contributed by atoms with van der Waals surface area (Å²) in [5, 5.41) is 9.95. The molecule has 2 aromatic heterocycles. The molecule has 0 spiro atoms. The molecule has 0 saturated carbocycles. The molecule has 1 N–H and O–H groups in total. The number of carbonyl (C=O) groups is 1. The Morgan fingerprint density at radius 3 is 2.55 bits per heavy atom. The van der Waals surface area contributed by atoms with E-state index in [2.05, 4.69) is 15.6 Å². The van der Waals surface area contributed by atoms with Gasteiger partial charge in [-0.25, -0.2) is 13.2 Å². The lowest BCUT2D eigenvalue weighted by Crippen LogP contribution is -2.36. The van der Waals surface area contributed by atoms with Crippen molar-refractivity contribution in [3.8, 4) is 0 Å². The first-order valence-electron chi connectivity index (χ1n) is 9.53. The highest BCUT2D eigenvalue weighted by atomic mass is 32.2. The summed E-state index contributed by atoms with van der Waals surface area (Å²) < 4.78 is 25.5. The Morgan fingerprint density at radius 1 is 1.17 bits per heavy atom. The van der Waals surface area contributed by atoms with E-state index < -0.39 is 15.9 Å². The zero-order valence-electron chi connectivity index (χ0n) is 16.2. The second-order valence-electron chi connectivity index (χ2n) is 7.56. The molecule has 0 aliphatic carbocycles. The van der Waals surface area contributed by atoms with Crippen molar-refractivity contribution in [3.63, 3.8) is 0 Å². The molecule has 3 heterocycles. The third-order valence-corrected chi connectivity index (χ3v) is 6.70. The van der Waals surface area contributed by atoms with Crippen LogP contribution in [0.5, 0.6) is 0 Å². The van der Waals surface area contributed by atoms with Gasteiger partial charge in [0.15, 0.2) is 9.84 Å². The third kappa shape index (κ3) is 4.12. The molecule has 4 rings (SSSR count). The summed E-state index contributed by atoms with van der Waals surface area (Å²) in [4.78, 5) is 17.4. The Morgan fingerprint density at radius 2 is 1.93 bits per heavy atom. The van der Waals surface area contributed by atoms with E-state index in [0.29, 0.717) is 30.4 Å². The highest BCUT2D eigenvalue weighted by Gasteiger charge is 2.23. The summed E-state index contributed by atoms with van der Waals surface area (Å²) in [5.41, 5.74) is 3.03. The van der Waals surface area contributed by atoms with E-state index in [1.54, 1.807) is 12.1 Å². The molecule has 1 aliphatic heterocycles. The average Bonchev–Trinajstić information content (AvgIpc) is 3.10. The molecule has 3 aromatic rings. The van der Waals surface area contributed by atoms with Gasteiger partial charge in [-0.05, 0) is 54.7 Å². The fourth-order valence-electron chi connectivity index (χ4n) is 3.90. The van der Waals surface area contributed by atoms with Gasteiger partial charge in [0.25, 0.3) is 0 Å². The maximum Gasteiger partial charge on any atom is 0.407 e. The molecule has 1 aliphatic rings. The standard InChI is InChI=1S/C21H23N3O4S/c1-29(27,28)19-4-5-20-16(12-19)8-11-24(20)14-18-3-2-17(13-22-18)15-6-9-23(10-7-15)21(25)26/h2-5,8,11-13,15H,6-7,9-10,14H2,1H3,(H,25,26). The number of nitrogens with zero attached hydrogens (tertiary/aromatic N) is 3. The molecule has 1 fully saturated rings. The van der Waals surface area contributed by atoms with E-state index in [1.165, 1.54) is 11.2 Å². The molecule has 0 unspecified atom stereocenters. The highest BCUT2D eigenvalue weighted by molar-refractivity contribution is 7.90. The lowest BCUT2D eigenvalue weighted by atomic mass is 9.90. The van der Waals surface area contributed by atoms with Crippen LogP contribution in [0.2, 0.25) is 0 Å². The maximum atomic E-state index is 11.7. The summed E-state index contributed by atoms with van der Waals surface area (Å²) in [6.07, 6.45) is 5.83. The Hall–Kier alpha value is -2.87. The Kier molecular flexibility index (Phi) is 5.04. The van der Waals surface area contributed by atoms with Gasteiger partial charge in [-0.15, -0.1) is 0 Å². The molecule has 0 bridgehead atoms. The van der Waals surface area contributed by atoms with Crippen LogP contribution in [0.3, 0.4) is 0 Å². The lowest BCUT2D eigenvalue weighted by Gasteiger charge is -2.30. The van der Waals surface area contributed by atoms with Crippen molar-refractivity contribution in [2.24, 2.45) is 0 Å². The van der Waals surface area contributed by atoms with Crippen molar-refractivity contribution in [2.45, 2.75) is 30.2 Å². The van der Waals surface area contributed by atoms with Gasteiger partial charge in [-0.1, -0.05) is 6.07 Å². The van der Waals surface area contributed by atoms with Crippen molar-refractivity contribution < 1.29 is 18.3 Å². The molecule has 29 heavy (non-hydrogen) atoms. The average molecular weight is 413 g/mol. The Balaban J connectivity index is 1.47. The zero-order chi connectivity index (χ0) is 20.6. The molecular formula is C21H23N3O4S. The number of benzene rings is 1. The third-order valence-electron chi connectivity index (χ3n) is 5.59. The number of sulfone groups is 1. The van der Waals surface area contributed by atoms with Crippen LogP contribution in [0.25, 0.3) is 10.9 Å². The number of fused-ring (bicyclic) bond motifs is 1. The van der Waals surface area contributed by atoms with Gasteiger partial charge in [-0.2, -0.15) is 0 Å². The first-order chi connectivity index (χ1) is 13.8. The van der Waals surface area contributed by atoms with Crippen LogP contribution < -0.4 is 0 Å². The molecule has 152 valence electrons. The van der Waals surface area contributed by atoms with Crippen LogP contribution >= 0.6 is 0 Å². The number of aromatic nitrogens is 2. The van der Waals surface area contributed by atoms with E-state index >= 15 is 0 Å². The van der Waals surface area contributed by atoms with E-state index in [1.807, 2.05) is 30.6 Å². The predicted octanol–water partition coefficient (Wildman–Crippen LogP) is 3.35. The number of hydrogen-bond donors (Lipinski definition) is 1. The molecular weight excluding hydrogens is 390 g/mol. The van der Waals surface area contributed by atoms with Gasteiger partial charge in [0, 0.05) is 42.6 Å². The van der Waals surface area contributed by atoms with Crippen molar-refractivity contribution in [3.05, 3.63) is 60.0 Å². The van der Waals surface area contributed by atoms with Crippen molar-refractivity contribution in [1.82, 2.24) is 14.5 Å². The van der Waals surface area contributed by atoms with Crippen molar-refractivity contribution in [1.29, 1.82) is 0 Å². The molecule has 1 aromatic carbocycles. The molecule has 0 radical (unpaired) electrons. The van der Waals surface area contributed by atoms with E-state index in [9.17, 15) is 13.2 Å². The van der Waals surface area contributed by atoms with Gasteiger partial charge in [0.1, 0.15) is 0 Å². The monoisotopic (exact) mass is 413 g/mol. The van der Waals surface area contributed by atoms with Gasteiger partial charge in [-0.3, -0.25) is 4.98 Å². The smallest absolute Gasteiger partial charge is 0.407 e. The van der Waals surface area contributed by atoms with Crippen LogP contribution in [0, 0.1) is 0 Å². The van der Waals surface area contributed by atoms with Crippen LogP contribution in [-0.2, 0) is 16.4 Å². The normalized spacial score (nSPS) is 15.7. The summed E-state index contributed by atoms with van der Waals surface area (Å²) >= 11 is 0. The fraction of sp³-hybridized carbons (Fsp3) is 0.333. The minimum absolute atomic E-state index is 0.319. The lowest BCUT2D eigenvalue weighted by molar-refractivity contribution is 0.132. The summed E-state index contributed by atoms with van der Waals surface area (Å²) in [6.45, 7) is 1.72. The number of rotatable bonds is 4. The largest absolute Gasteiger partial charge is 0.465 e. The van der Waals surface area contributed by atoms with E-state index in [-0.39, 0.29) is 0 Å². The number of piperidine rings is 1. The van der Waals surface area contributed by atoms with Crippen LogP contribution in [0.15, 0.2) is 53.7 Å². The molecule has 8 heteroatoms. The number of amides is 1. The molecule has 1 amide bonds. The zero-order valence-corrected chi connectivity index (χ0v) is 17.0. The summed E-state index contributed by atoms with van der Waals surface area (Å²) in [6, 6.07) is 11.2. The van der Waals surface area contributed by atoms with Gasteiger partial charge in [0.2, 0.25) is 0 Å². The number of hydrogen-bond acceptors (Lipinski definition) is 4. The molecule has 0 atom stereocenters. The van der Waals surface area contributed by atoms with E-state index in [0.717, 1.165) is 35.0 Å². The van der Waals surface area contributed by atoms with Gasteiger partial charge < -0.3 is 14.6 Å². The topological polar surface area (TPSA) is 92.5 Å². The summed E-state index contributed by atoms with van der Waals surface area (Å²) in [5.74, 6) is 0.342. The van der Waals surface area contributed by atoms with Crippen molar-refractivity contribution >= 4 is 26.8 Å². The molecule has 1 saturated heterocycles. The van der Waals surface area contributed by atoms with Crippen LogP contribution in [0.4, 0.5) is 4.79 Å². The van der Waals surface area contributed by atoms with Gasteiger partial charge >= 0.3 is 6.09 Å². The fourth-order valence-corrected chi connectivity index (χ4v) is 4.55. The van der Waals surface area contributed by atoms with Gasteiger partial charge in [0.05, 0.1) is 17.1 Å². The predicted molar refractivity (Wildman–Crippen MR) is 110 cm³/mol. The second kappa shape index (κ2) is 7.51. The quantitative estimate of drug-likeness (QED) is 0.708. The molecule has 7 nitrogen and oxygen atoms in total. The Labute approximate surface area is 169 Å². The van der Waals surface area contributed by atoms with Crippen LogP contribution in [-0.4, -0.2) is 53.4 Å². The number of likely N-dealkylation sites (tertiary alicyclic amines) is 1. The second-order valence-corrected chi connectivity index (χ2v) is 9.58. The SMILES string of the molecule is CS(=O)(=O)c1ccc2c(ccn2Cc2ccc(C3CCN(C(=O)O)CC3)cn2)c1. The van der Waals surface area contributed by atoms with Crippen LogP contribution in [0.1, 0.15) is 30.0 Å². The van der Waals surface area contributed by atoms with Crippen molar-refractivity contribution in [2.75, 3.05) is 19.3 Å². The van der Waals surface area contributed by atoms with E-state index in [4.69, 9.17) is 5.11 Å².